The van der Waals surface area contributed by atoms with Gasteiger partial charge in [0.2, 0.25) is 0 Å². The molecule has 0 saturated carbocycles. The van der Waals surface area contributed by atoms with Gasteiger partial charge < -0.3 is 10.2 Å². The zero-order chi connectivity index (χ0) is 15.3. The number of nitrogens with one attached hydrogen (secondary N) is 1. The summed E-state index contributed by atoms with van der Waals surface area (Å²) >= 11 is 5.94. The minimum Gasteiger partial charge on any atom is -0.332 e. The number of likely N-dealkylation sites (N-methyl/N-ethyl adjacent to an activating group) is 1. The zero-order valence-electron chi connectivity index (χ0n) is 12.2. The van der Waals surface area contributed by atoms with Crippen LogP contribution in [0, 0.1) is 0 Å². The summed E-state index contributed by atoms with van der Waals surface area (Å²) < 4.78 is 0. The number of pyridine rings is 2. The van der Waals surface area contributed by atoms with Crippen molar-refractivity contribution in [3.8, 4) is 0 Å². The van der Waals surface area contributed by atoms with Crippen LogP contribution in [0.25, 0.3) is 10.9 Å². The largest absolute Gasteiger partial charge is 0.332 e. The van der Waals surface area contributed by atoms with Gasteiger partial charge in [0.05, 0.1) is 17.6 Å². The molecule has 2 fully saturated rings. The second-order valence-corrected chi connectivity index (χ2v) is 6.30. The Bertz CT molecular complexity index is 752. The molecule has 2 saturated heterocycles. The lowest BCUT2D eigenvalue weighted by atomic mass is 10.0. The number of rotatable bonds is 1. The van der Waals surface area contributed by atoms with E-state index in [0.717, 1.165) is 30.4 Å². The van der Waals surface area contributed by atoms with E-state index >= 15 is 0 Å². The Morgan fingerprint density at radius 1 is 1.41 bits per heavy atom. The van der Waals surface area contributed by atoms with Crippen molar-refractivity contribution >= 4 is 34.4 Å². The smallest absolute Gasteiger partial charge is 0.323 e. The van der Waals surface area contributed by atoms with E-state index in [1.165, 1.54) is 0 Å². The molecule has 2 atom stereocenters. The Hall–Kier alpha value is -1.92. The summed E-state index contributed by atoms with van der Waals surface area (Å²) in [5.41, 5.74) is 0.752. The molecule has 2 unspecified atom stereocenters. The topological polar surface area (TPSA) is 61.4 Å². The minimum absolute atomic E-state index is 0.0719. The molecular weight excluding hydrogens is 302 g/mol. The van der Waals surface area contributed by atoms with Gasteiger partial charge in [-0.15, -0.1) is 0 Å². The minimum atomic E-state index is -0.0719. The van der Waals surface area contributed by atoms with Crippen molar-refractivity contribution in [1.82, 2.24) is 20.2 Å². The fourth-order valence-corrected chi connectivity index (χ4v) is 3.47. The Morgan fingerprint density at radius 2 is 2.27 bits per heavy atom. The molecule has 2 amide bonds. The number of carbonyl (C=O) groups is 1. The van der Waals surface area contributed by atoms with Gasteiger partial charge >= 0.3 is 6.03 Å². The van der Waals surface area contributed by atoms with E-state index in [4.69, 9.17) is 11.6 Å². The summed E-state index contributed by atoms with van der Waals surface area (Å²) in [5.74, 6) is 0.671. The van der Waals surface area contributed by atoms with Gasteiger partial charge in [0.15, 0.2) is 0 Å². The summed E-state index contributed by atoms with van der Waals surface area (Å²) in [6.45, 7) is 1.85. The Labute approximate surface area is 133 Å². The van der Waals surface area contributed by atoms with Crippen LogP contribution in [0.4, 0.5) is 10.6 Å². The summed E-state index contributed by atoms with van der Waals surface area (Å²) in [6, 6.07) is 5.77. The van der Waals surface area contributed by atoms with Crippen LogP contribution in [0.1, 0.15) is 6.42 Å². The lowest BCUT2D eigenvalue weighted by molar-refractivity contribution is 0.229. The highest BCUT2D eigenvalue weighted by atomic mass is 35.5. The van der Waals surface area contributed by atoms with E-state index in [0.29, 0.717) is 11.0 Å². The molecule has 0 radical (unpaired) electrons. The maximum Gasteiger partial charge on any atom is 0.323 e. The van der Waals surface area contributed by atoms with E-state index in [-0.39, 0.29) is 18.1 Å². The SMILES string of the molecule is CN1CCC2C(C1)NC(=O)N2c1ccc2cnc(Cl)cc2n1. The van der Waals surface area contributed by atoms with Crippen LogP contribution in [-0.4, -0.2) is 53.1 Å². The highest BCUT2D eigenvalue weighted by molar-refractivity contribution is 6.30. The molecule has 2 aromatic heterocycles. The first-order valence-electron chi connectivity index (χ1n) is 7.32. The number of hydrogen-bond donors (Lipinski definition) is 1. The molecule has 7 heteroatoms. The molecule has 114 valence electrons. The van der Waals surface area contributed by atoms with Crippen LogP contribution in [0.15, 0.2) is 24.4 Å². The first kappa shape index (κ1) is 13.7. The van der Waals surface area contributed by atoms with Crippen LogP contribution in [0.3, 0.4) is 0 Å². The molecule has 0 spiro atoms. The molecule has 0 bridgehead atoms. The number of fused-ring (bicyclic) bond motifs is 2. The standard InChI is InChI=1S/C15H16ClN5O/c1-20-5-4-12-11(8-20)19-15(22)21(12)14-3-2-9-7-17-13(16)6-10(9)18-14/h2-3,6-7,11-12H,4-5,8H2,1H3,(H,19,22). The number of urea groups is 1. The van der Waals surface area contributed by atoms with Gasteiger partial charge in [-0.1, -0.05) is 11.6 Å². The lowest BCUT2D eigenvalue weighted by Gasteiger charge is -2.34. The number of nitrogens with zero attached hydrogens (tertiary/aromatic N) is 4. The highest BCUT2D eigenvalue weighted by Gasteiger charge is 2.43. The summed E-state index contributed by atoms with van der Waals surface area (Å²) in [4.78, 5) is 25.0. The second-order valence-electron chi connectivity index (χ2n) is 5.91. The summed E-state index contributed by atoms with van der Waals surface area (Å²) in [6.07, 6.45) is 2.63. The lowest BCUT2D eigenvalue weighted by Crippen LogP contribution is -2.50. The van der Waals surface area contributed by atoms with Crippen molar-refractivity contribution in [1.29, 1.82) is 0 Å². The molecule has 2 aliphatic rings. The normalized spacial score (nSPS) is 25.4. The molecule has 2 aromatic rings. The van der Waals surface area contributed by atoms with Crippen molar-refractivity contribution in [2.24, 2.45) is 0 Å². The van der Waals surface area contributed by atoms with E-state index in [2.05, 4.69) is 27.2 Å². The van der Waals surface area contributed by atoms with Crippen molar-refractivity contribution in [2.75, 3.05) is 25.0 Å². The summed E-state index contributed by atoms with van der Waals surface area (Å²) in [5, 5.41) is 4.37. The Kier molecular flexibility index (Phi) is 3.16. The molecule has 6 nitrogen and oxygen atoms in total. The van der Waals surface area contributed by atoms with Gasteiger partial charge in [-0.25, -0.2) is 14.8 Å². The monoisotopic (exact) mass is 317 g/mol. The number of halogens is 1. The molecule has 2 aliphatic heterocycles. The Morgan fingerprint density at radius 3 is 3.14 bits per heavy atom. The quantitative estimate of drug-likeness (QED) is 0.816. The van der Waals surface area contributed by atoms with Gasteiger partial charge in [-0.3, -0.25) is 4.90 Å². The van der Waals surface area contributed by atoms with Crippen LogP contribution < -0.4 is 10.2 Å². The van der Waals surface area contributed by atoms with Gasteiger partial charge in [-0.05, 0) is 32.1 Å². The predicted octanol–water partition coefficient (Wildman–Crippen LogP) is 1.89. The van der Waals surface area contributed by atoms with Gasteiger partial charge in [0.25, 0.3) is 0 Å². The number of aromatic nitrogens is 2. The number of hydrogen-bond acceptors (Lipinski definition) is 4. The van der Waals surface area contributed by atoms with E-state index < -0.39 is 0 Å². The Balaban J connectivity index is 1.73. The van der Waals surface area contributed by atoms with Gasteiger partial charge in [0.1, 0.15) is 11.0 Å². The fourth-order valence-electron chi connectivity index (χ4n) is 3.32. The molecular formula is C15H16ClN5O. The molecule has 22 heavy (non-hydrogen) atoms. The van der Waals surface area contributed by atoms with Gasteiger partial charge in [0, 0.05) is 24.2 Å². The average molecular weight is 318 g/mol. The van der Waals surface area contributed by atoms with Gasteiger partial charge in [-0.2, -0.15) is 0 Å². The molecule has 1 N–H and O–H groups in total. The first-order chi connectivity index (χ1) is 10.6. The molecule has 0 aliphatic carbocycles. The fraction of sp³-hybridized carbons (Fsp3) is 0.400. The van der Waals surface area contributed by atoms with Crippen LogP contribution >= 0.6 is 11.6 Å². The van der Waals surface area contributed by atoms with E-state index in [1.807, 2.05) is 12.1 Å². The number of likely N-dealkylation sites (tertiary alicyclic amines) is 1. The van der Waals surface area contributed by atoms with Crippen LogP contribution in [0.5, 0.6) is 0 Å². The first-order valence-corrected chi connectivity index (χ1v) is 7.70. The molecule has 4 rings (SSSR count). The van der Waals surface area contributed by atoms with Crippen molar-refractivity contribution < 1.29 is 4.79 Å². The number of amides is 2. The maximum absolute atomic E-state index is 12.4. The highest BCUT2D eigenvalue weighted by Crippen LogP contribution is 2.28. The number of anilines is 1. The third-order valence-electron chi connectivity index (χ3n) is 4.41. The maximum atomic E-state index is 12.4. The number of carbonyl (C=O) groups excluding carboxylic acids is 1. The van der Waals surface area contributed by atoms with Crippen LogP contribution in [0.2, 0.25) is 5.15 Å². The molecule has 4 heterocycles. The third-order valence-corrected chi connectivity index (χ3v) is 4.62. The van der Waals surface area contributed by atoms with Crippen molar-refractivity contribution in [2.45, 2.75) is 18.5 Å². The number of piperidine rings is 1. The summed E-state index contributed by atoms with van der Waals surface area (Å²) in [7, 11) is 2.08. The van der Waals surface area contributed by atoms with Crippen LogP contribution in [-0.2, 0) is 0 Å². The van der Waals surface area contributed by atoms with E-state index in [1.54, 1.807) is 17.2 Å². The molecule has 0 aromatic carbocycles. The van der Waals surface area contributed by atoms with Crippen molar-refractivity contribution in [3.63, 3.8) is 0 Å². The predicted molar refractivity (Wildman–Crippen MR) is 85.2 cm³/mol. The average Bonchev–Trinajstić information content (AvgIpc) is 2.81. The van der Waals surface area contributed by atoms with E-state index in [9.17, 15) is 4.79 Å². The third kappa shape index (κ3) is 2.19. The zero-order valence-corrected chi connectivity index (χ0v) is 12.9. The second kappa shape index (κ2) is 5.07. The van der Waals surface area contributed by atoms with Crippen molar-refractivity contribution in [3.05, 3.63) is 29.5 Å².